The average Bonchev–Trinajstić information content (AvgIpc) is 3.44. The van der Waals surface area contributed by atoms with Crippen molar-refractivity contribution in [2.24, 2.45) is 0 Å². The van der Waals surface area contributed by atoms with Crippen molar-refractivity contribution in [3.63, 3.8) is 0 Å². The van der Waals surface area contributed by atoms with Gasteiger partial charge in [0.05, 0.1) is 28.5 Å². The van der Waals surface area contributed by atoms with Crippen LogP contribution in [0.1, 0.15) is 36.7 Å². The first-order valence-corrected chi connectivity index (χ1v) is 10.9. The first-order chi connectivity index (χ1) is 15.9. The number of benzene rings is 1. The highest BCUT2D eigenvalue weighted by Crippen LogP contribution is 2.44. The van der Waals surface area contributed by atoms with Gasteiger partial charge in [-0.25, -0.2) is 14.4 Å². The Balaban J connectivity index is 1.43. The number of aromatic nitrogens is 3. The summed E-state index contributed by atoms with van der Waals surface area (Å²) in [6, 6.07) is 5.82. The Bertz CT molecular complexity index is 1290. The van der Waals surface area contributed by atoms with Crippen molar-refractivity contribution in [2.45, 2.75) is 31.3 Å². The van der Waals surface area contributed by atoms with Crippen LogP contribution >= 0.6 is 11.6 Å². The summed E-state index contributed by atoms with van der Waals surface area (Å²) in [6.45, 7) is 0. The van der Waals surface area contributed by atoms with E-state index in [9.17, 15) is 13.6 Å². The van der Waals surface area contributed by atoms with E-state index in [2.05, 4.69) is 20.3 Å². The highest BCUT2D eigenvalue weighted by Gasteiger charge is 2.42. The minimum Gasteiger partial charge on any atom is -0.398 e. The van der Waals surface area contributed by atoms with Crippen molar-refractivity contribution in [3.8, 4) is 11.3 Å². The molecular weight excluding hydrogens is 450 g/mol. The number of aromatic amines is 1. The van der Waals surface area contributed by atoms with E-state index >= 15 is 0 Å². The van der Waals surface area contributed by atoms with Crippen molar-refractivity contribution in [1.82, 2.24) is 19.9 Å². The quantitative estimate of drug-likeness (QED) is 0.384. The predicted molar refractivity (Wildman–Crippen MR) is 122 cm³/mol. The van der Waals surface area contributed by atoms with Crippen LogP contribution in [-0.4, -0.2) is 38.8 Å². The van der Waals surface area contributed by atoms with E-state index in [1.807, 2.05) is 0 Å². The Morgan fingerprint density at radius 2 is 2.06 bits per heavy atom. The third-order valence-corrected chi connectivity index (χ3v) is 6.56. The summed E-state index contributed by atoms with van der Waals surface area (Å²) in [5.74, 6) is -0.485. The van der Waals surface area contributed by atoms with Gasteiger partial charge in [0.1, 0.15) is 11.6 Å². The van der Waals surface area contributed by atoms with Crippen molar-refractivity contribution in [3.05, 3.63) is 64.7 Å². The number of H-pyrrole nitrogens is 1. The molecule has 4 N–H and O–H groups in total. The maximum Gasteiger partial charge on any atom is 0.247 e. The van der Waals surface area contributed by atoms with Crippen LogP contribution in [0.2, 0.25) is 5.02 Å². The molecule has 1 fully saturated rings. The molecule has 3 aromatic rings. The zero-order chi connectivity index (χ0) is 23.3. The molecule has 7 nitrogen and oxygen atoms in total. The molecule has 5 rings (SSSR count). The van der Waals surface area contributed by atoms with Gasteiger partial charge in [0, 0.05) is 30.4 Å². The molecule has 2 aliphatic heterocycles. The third-order valence-electron chi connectivity index (χ3n) is 6.26. The first-order valence-electron chi connectivity index (χ1n) is 10.5. The van der Waals surface area contributed by atoms with Crippen molar-refractivity contribution in [1.29, 1.82) is 0 Å². The number of halogens is 3. The standard InChI is InChI=1S/C23H21ClF2N6O/c1-28-18-7-3-13(22(26)31-18)16-10-29-23(30-16)17-6-2-12-8-11(9-19(33)32(12)17)20-15(27)5-4-14(24)21(20)25/h3-5,7,9-10,12,17H,2,6,8,27H2,1H3,(H,28,31)(H,29,30)/t12?,17-/m0/s1. The number of nitrogens with one attached hydrogen (secondary N) is 2. The topological polar surface area (TPSA) is 99.9 Å². The van der Waals surface area contributed by atoms with Crippen LogP contribution in [0.15, 0.2) is 36.5 Å². The van der Waals surface area contributed by atoms with E-state index < -0.39 is 11.8 Å². The Labute approximate surface area is 193 Å². The van der Waals surface area contributed by atoms with Gasteiger partial charge < -0.3 is 20.9 Å². The van der Waals surface area contributed by atoms with Crippen molar-refractivity contribution in [2.75, 3.05) is 18.1 Å². The lowest BCUT2D eigenvalue weighted by Crippen LogP contribution is -2.39. The van der Waals surface area contributed by atoms with E-state index in [4.69, 9.17) is 17.3 Å². The van der Waals surface area contributed by atoms with E-state index in [0.29, 0.717) is 41.3 Å². The molecule has 0 aliphatic carbocycles. The molecule has 0 radical (unpaired) electrons. The van der Waals surface area contributed by atoms with E-state index in [1.54, 1.807) is 30.3 Å². The van der Waals surface area contributed by atoms with Gasteiger partial charge in [-0.2, -0.15) is 4.39 Å². The number of carbonyl (C=O) groups is 1. The lowest BCUT2D eigenvalue weighted by atomic mass is 9.92. The zero-order valence-corrected chi connectivity index (χ0v) is 18.5. The predicted octanol–water partition coefficient (Wildman–Crippen LogP) is 4.55. The van der Waals surface area contributed by atoms with Gasteiger partial charge in [-0.3, -0.25) is 4.79 Å². The van der Waals surface area contributed by atoms with E-state index in [0.717, 1.165) is 6.42 Å². The summed E-state index contributed by atoms with van der Waals surface area (Å²) in [5.41, 5.74) is 7.74. The number of pyridine rings is 1. The van der Waals surface area contributed by atoms with Gasteiger partial charge in [-0.05, 0) is 49.1 Å². The van der Waals surface area contributed by atoms with Crippen LogP contribution in [0.5, 0.6) is 0 Å². The molecule has 0 bridgehead atoms. The maximum atomic E-state index is 14.7. The number of hydrogen-bond acceptors (Lipinski definition) is 5. The number of nitrogens with zero attached hydrogens (tertiary/aromatic N) is 3. The number of amides is 1. The van der Waals surface area contributed by atoms with E-state index in [-0.39, 0.29) is 34.3 Å². The molecule has 1 saturated heterocycles. The van der Waals surface area contributed by atoms with Gasteiger partial charge in [0.25, 0.3) is 0 Å². The normalized spacial score (nSPS) is 20.1. The van der Waals surface area contributed by atoms with Crippen LogP contribution in [0.3, 0.4) is 0 Å². The number of imidazole rings is 1. The monoisotopic (exact) mass is 470 g/mol. The molecular formula is C23H21ClF2N6O. The fraction of sp³-hybridized carbons (Fsp3) is 0.261. The van der Waals surface area contributed by atoms with Gasteiger partial charge in [-0.15, -0.1) is 0 Å². The largest absolute Gasteiger partial charge is 0.398 e. The van der Waals surface area contributed by atoms with Crippen LogP contribution in [0.25, 0.3) is 16.8 Å². The highest BCUT2D eigenvalue weighted by molar-refractivity contribution is 6.31. The molecule has 2 aromatic heterocycles. The molecule has 0 saturated carbocycles. The summed E-state index contributed by atoms with van der Waals surface area (Å²) >= 11 is 5.94. The second-order valence-electron chi connectivity index (χ2n) is 8.16. The zero-order valence-electron chi connectivity index (χ0n) is 17.7. The summed E-state index contributed by atoms with van der Waals surface area (Å²) in [7, 11) is 1.66. The molecule has 1 aromatic carbocycles. The molecule has 170 valence electrons. The molecule has 4 heterocycles. The molecule has 2 aliphatic rings. The molecule has 2 atom stereocenters. The second-order valence-corrected chi connectivity index (χ2v) is 8.57. The minimum atomic E-state index is -0.621. The SMILES string of the molecule is CNc1ccc(-c2cnc([C@@H]3CCC4CC(c5c(N)ccc(Cl)c5F)=CC(=O)N43)[nH]2)c(F)n1. The van der Waals surface area contributed by atoms with Gasteiger partial charge in [-0.1, -0.05) is 11.6 Å². The summed E-state index contributed by atoms with van der Waals surface area (Å²) < 4.78 is 29.1. The Kier molecular flexibility index (Phi) is 5.28. The van der Waals surface area contributed by atoms with Crippen LogP contribution in [-0.2, 0) is 4.79 Å². The first kappa shape index (κ1) is 21.4. The Morgan fingerprint density at radius 1 is 1.24 bits per heavy atom. The number of fused-ring (bicyclic) bond motifs is 1. The number of nitrogens with two attached hydrogens (primary N) is 1. The molecule has 0 spiro atoms. The van der Waals surface area contributed by atoms with Crippen molar-refractivity contribution >= 4 is 34.6 Å². The average molecular weight is 471 g/mol. The van der Waals surface area contributed by atoms with Gasteiger partial charge in [0.2, 0.25) is 11.9 Å². The number of nitrogen functional groups attached to an aromatic ring is 1. The molecule has 33 heavy (non-hydrogen) atoms. The Morgan fingerprint density at radius 3 is 2.82 bits per heavy atom. The second kappa shape index (κ2) is 8.15. The fourth-order valence-electron chi connectivity index (χ4n) is 4.71. The maximum absolute atomic E-state index is 14.7. The molecule has 10 heteroatoms. The van der Waals surface area contributed by atoms with Crippen LogP contribution < -0.4 is 11.1 Å². The Hall–Kier alpha value is -3.46. The lowest BCUT2D eigenvalue weighted by Gasteiger charge is -2.33. The summed E-state index contributed by atoms with van der Waals surface area (Å²) in [6.07, 6.45) is 4.82. The van der Waals surface area contributed by atoms with Crippen molar-refractivity contribution < 1.29 is 13.6 Å². The minimum absolute atomic E-state index is 0.0353. The van der Waals surface area contributed by atoms with Crippen LogP contribution in [0.4, 0.5) is 20.3 Å². The molecule has 1 unspecified atom stereocenters. The smallest absolute Gasteiger partial charge is 0.247 e. The summed E-state index contributed by atoms with van der Waals surface area (Å²) in [4.78, 5) is 26.3. The number of rotatable bonds is 4. The number of hydrogen-bond donors (Lipinski definition) is 3. The summed E-state index contributed by atoms with van der Waals surface area (Å²) in [5, 5.41) is 2.76. The fourth-order valence-corrected chi connectivity index (χ4v) is 4.86. The van der Waals surface area contributed by atoms with Gasteiger partial charge in [0.15, 0.2) is 5.82 Å². The van der Waals surface area contributed by atoms with Gasteiger partial charge >= 0.3 is 0 Å². The van der Waals surface area contributed by atoms with Crippen LogP contribution in [0, 0.1) is 11.8 Å². The molecule has 1 amide bonds. The highest BCUT2D eigenvalue weighted by atomic mass is 35.5. The lowest BCUT2D eigenvalue weighted by molar-refractivity contribution is -0.129. The third kappa shape index (κ3) is 3.62. The number of anilines is 2. The van der Waals surface area contributed by atoms with E-state index in [1.165, 1.54) is 18.2 Å². The number of carbonyl (C=O) groups excluding carboxylic acids is 1.